The summed E-state index contributed by atoms with van der Waals surface area (Å²) in [5.74, 6) is 0. The van der Waals surface area contributed by atoms with Crippen LogP contribution in [0, 0.1) is 0 Å². The summed E-state index contributed by atoms with van der Waals surface area (Å²) in [6, 6.07) is 0. The quantitative estimate of drug-likeness (QED) is 0.217. The molecule has 0 amide bonds. The van der Waals surface area contributed by atoms with Gasteiger partial charge in [-0.3, -0.25) is 0 Å². The first kappa shape index (κ1) is 19.6. The zero-order valence-corrected chi connectivity index (χ0v) is 15.9. The van der Waals surface area contributed by atoms with Crippen molar-refractivity contribution in [2.45, 2.75) is 114 Å². The molecule has 0 N–H and O–H groups in total. The van der Waals surface area contributed by atoms with Gasteiger partial charge >= 0.3 is 130 Å². The number of hydrogen-bond acceptors (Lipinski definition) is 0. The Labute approximate surface area is 130 Å². The van der Waals surface area contributed by atoms with Crippen molar-refractivity contribution in [3.05, 3.63) is 0 Å². The van der Waals surface area contributed by atoms with Gasteiger partial charge in [0.25, 0.3) is 0 Å². The van der Waals surface area contributed by atoms with Crippen LogP contribution in [0.4, 0.5) is 0 Å². The molecular weight excluding hydrogens is 291 g/mol. The minimum atomic E-state index is 0.440. The molecular formula is C18H39As. The van der Waals surface area contributed by atoms with Crippen molar-refractivity contribution in [3.63, 3.8) is 0 Å². The Morgan fingerprint density at radius 3 is 1.11 bits per heavy atom. The van der Waals surface area contributed by atoms with E-state index in [0.717, 1.165) is 0 Å². The summed E-state index contributed by atoms with van der Waals surface area (Å²) >= 11 is 0.440. The molecule has 0 aromatic carbocycles. The summed E-state index contributed by atoms with van der Waals surface area (Å²) < 4.78 is 0. The first-order chi connectivity index (χ1) is 9.41. The molecule has 0 unspecified atom stereocenters. The molecule has 19 heavy (non-hydrogen) atoms. The van der Waals surface area contributed by atoms with Crippen LogP contribution >= 0.6 is 0 Å². The second kappa shape index (κ2) is 18.6. The molecule has 0 aliphatic carbocycles. The molecule has 0 heterocycles. The van der Waals surface area contributed by atoms with Gasteiger partial charge in [-0.15, -0.1) is 0 Å². The van der Waals surface area contributed by atoms with Crippen LogP contribution in [0.2, 0.25) is 10.4 Å². The predicted molar refractivity (Wildman–Crippen MR) is 92.7 cm³/mol. The van der Waals surface area contributed by atoms with E-state index in [-0.39, 0.29) is 0 Å². The first-order valence-corrected chi connectivity index (χ1v) is 12.1. The van der Waals surface area contributed by atoms with Crippen LogP contribution in [-0.2, 0) is 0 Å². The van der Waals surface area contributed by atoms with E-state index in [0.29, 0.717) is 15.8 Å². The molecule has 0 fully saturated rings. The van der Waals surface area contributed by atoms with Crippen LogP contribution in [0.3, 0.4) is 0 Å². The summed E-state index contributed by atoms with van der Waals surface area (Å²) in [6.07, 6.45) is 20.7. The van der Waals surface area contributed by atoms with Gasteiger partial charge in [-0.2, -0.15) is 0 Å². The Morgan fingerprint density at radius 2 is 0.737 bits per heavy atom. The van der Waals surface area contributed by atoms with Gasteiger partial charge in [0.1, 0.15) is 0 Å². The third-order valence-corrected chi connectivity index (χ3v) is 6.88. The SMILES string of the molecule is CCCCCCCCC[AsH]CCCCCCCCC. The summed E-state index contributed by atoms with van der Waals surface area (Å²) in [7, 11) is 0. The van der Waals surface area contributed by atoms with Crippen LogP contribution in [0.1, 0.15) is 104 Å². The zero-order chi connectivity index (χ0) is 14.0. The second-order valence-electron chi connectivity index (χ2n) is 5.99. The Balaban J connectivity index is 2.88. The van der Waals surface area contributed by atoms with Crippen LogP contribution in [-0.4, -0.2) is 15.8 Å². The van der Waals surface area contributed by atoms with Crippen molar-refractivity contribution in [3.8, 4) is 0 Å². The van der Waals surface area contributed by atoms with E-state index in [1.165, 1.54) is 77.0 Å². The van der Waals surface area contributed by atoms with Crippen molar-refractivity contribution in [1.29, 1.82) is 0 Å². The fraction of sp³-hybridized carbons (Fsp3) is 1.00. The summed E-state index contributed by atoms with van der Waals surface area (Å²) in [5.41, 5.74) is 0. The Morgan fingerprint density at radius 1 is 0.421 bits per heavy atom. The van der Waals surface area contributed by atoms with Gasteiger partial charge in [0.15, 0.2) is 0 Å². The fourth-order valence-corrected chi connectivity index (χ4v) is 5.16. The molecule has 0 saturated heterocycles. The third-order valence-electron chi connectivity index (χ3n) is 3.91. The van der Waals surface area contributed by atoms with E-state index < -0.39 is 0 Å². The third kappa shape index (κ3) is 18.6. The van der Waals surface area contributed by atoms with Gasteiger partial charge in [-0.1, -0.05) is 0 Å². The van der Waals surface area contributed by atoms with Crippen LogP contribution in [0.5, 0.6) is 0 Å². The maximum atomic E-state index is 2.30. The standard InChI is InChI=1S/C18H39As/c1-3-5-7-9-11-13-15-17-19-18-16-14-12-10-8-6-4-2/h19H,3-18H2,1-2H3. The van der Waals surface area contributed by atoms with E-state index >= 15 is 0 Å². The number of unbranched alkanes of at least 4 members (excludes halogenated alkanes) is 12. The van der Waals surface area contributed by atoms with E-state index in [1.807, 2.05) is 0 Å². The van der Waals surface area contributed by atoms with E-state index in [4.69, 9.17) is 0 Å². The number of rotatable bonds is 16. The van der Waals surface area contributed by atoms with Gasteiger partial charge in [-0.05, 0) is 0 Å². The molecule has 116 valence electrons. The Hall–Kier alpha value is 0.558. The zero-order valence-electron chi connectivity index (χ0n) is 13.8. The van der Waals surface area contributed by atoms with Crippen molar-refractivity contribution in [2.75, 3.05) is 0 Å². The maximum absolute atomic E-state index is 2.30. The molecule has 0 atom stereocenters. The molecule has 0 nitrogen and oxygen atoms in total. The molecule has 0 aliphatic rings. The van der Waals surface area contributed by atoms with Crippen LogP contribution < -0.4 is 0 Å². The molecule has 1 heteroatoms. The van der Waals surface area contributed by atoms with Gasteiger partial charge in [-0.25, -0.2) is 0 Å². The summed E-state index contributed by atoms with van der Waals surface area (Å²) in [5, 5.41) is 3.23. The summed E-state index contributed by atoms with van der Waals surface area (Å²) in [6.45, 7) is 4.60. The first-order valence-electron chi connectivity index (χ1n) is 9.12. The molecule has 0 rings (SSSR count). The van der Waals surface area contributed by atoms with Crippen molar-refractivity contribution < 1.29 is 0 Å². The average Bonchev–Trinajstić information content (AvgIpc) is 2.43. The molecule has 0 aliphatic heterocycles. The molecule has 0 saturated carbocycles. The minimum absolute atomic E-state index is 0.440. The van der Waals surface area contributed by atoms with Crippen LogP contribution in [0.15, 0.2) is 0 Å². The Kier molecular flexibility index (Phi) is 19.1. The van der Waals surface area contributed by atoms with Gasteiger partial charge in [0.2, 0.25) is 0 Å². The normalized spacial score (nSPS) is 11.1. The molecule has 0 radical (unpaired) electrons. The average molecular weight is 330 g/mol. The van der Waals surface area contributed by atoms with E-state index in [9.17, 15) is 0 Å². The Bertz CT molecular complexity index is 129. The monoisotopic (exact) mass is 330 g/mol. The van der Waals surface area contributed by atoms with Gasteiger partial charge < -0.3 is 0 Å². The van der Waals surface area contributed by atoms with E-state index in [2.05, 4.69) is 13.8 Å². The predicted octanol–water partition coefficient (Wildman–Crippen LogP) is 6.76. The molecule has 0 aromatic rings. The molecule has 0 aromatic heterocycles. The second-order valence-corrected chi connectivity index (χ2v) is 9.14. The molecule has 0 spiro atoms. The topological polar surface area (TPSA) is 0 Å². The van der Waals surface area contributed by atoms with Crippen molar-refractivity contribution in [1.82, 2.24) is 0 Å². The molecule has 0 bridgehead atoms. The van der Waals surface area contributed by atoms with Crippen molar-refractivity contribution in [2.24, 2.45) is 0 Å². The van der Waals surface area contributed by atoms with Gasteiger partial charge in [0, 0.05) is 0 Å². The fourth-order valence-electron chi connectivity index (χ4n) is 2.54. The van der Waals surface area contributed by atoms with E-state index in [1.54, 1.807) is 23.3 Å². The summed E-state index contributed by atoms with van der Waals surface area (Å²) in [4.78, 5) is 0. The number of hydrogen-bond donors (Lipinski definition) is 0. The van der Waals surface area contributed by atoms with Crippen LogP contribution in [0.25, 0.3) is 0 Å². The van der Waals surface area contributed by atoms with Gasteiger partial charge in [0.05, 0.1) is 0 Å². The van der Waals surface area contributed by atoms with Crippen molar-refractivity contribution >= 4 is 15.8 Å².